The maximum absolute atomic E-state index is 13.6. The van der Waals surface area contributed by atoms with Crippen LogP contribution in [0.3, 0.4) is 0 Å². The molecular formula is C37H45F2N3O5. The van der Waals surface area contributed by atoms with Crippen molar-refractivity contribution in [3.8, 4) is 5.75 Å². The molecule has 2 fully saturated rings. The van der Waals surface area contributed by atoms with Gasteiger partial charge in [0.15, 0.2) is 0 Å². The van der Waals surface area contributed by atoms with Crippen LogP contribution in [0.25, 0.3) is 0 Å². The maximum Gasteiger partial charge on any atom is 0.387 e. The minimum atomic E-state index is -3.18. The molecule has 5 N–H and O–H groups in total. The average molecular weight is 650 g/mol. The highest BCUT2D eigenvalue weighted by atomic mass is 19.3. The lowest BCUT2D eigenvalue weighted by Crippen LogP contribution is -2.72. The summed E-state index contributed by atoms with van der Waals surface area (Å²) < 4.78 is 32.0. The van der Waals surface area contributed by atoms with E-state index in [1.807, 2.05) is 12.1 Å². The molecule has 2 aliphatic heterocycles. The van der Waals surface area contributed by atoms with Crippen LogP contribution in [0.4, 0.5) is 8.78 Å². The van der Waals surface area contributed by atoms with Gasteiger partial charge in [0.05, 0.1) is 11.6 Å². The molecule has 10 heteroatoms. The zero-order valence-corrected chi connectivity index (χ0v) is 26.9. The summed E-state index contributed by atoms with van der Waals surface area (Å²) in [5.41, 5.74) is 5.50. The first-order valence-corrected chi connectivity index (χ1v) is 16.4. The molecule has 0 aromatic heterocycles. The van der Waals surface area contributed by atoms with Gasteiger partial charge in [-0.3, -0.25) is 14.9 Å². The van der Waals surface area contributed by atoms with Crippen LogP contribution in [0, 0.1) is 10.8 Å². The smallest absolute Gasteiger partial charge is 0.387 e. The number of piperidine rings is 2. The van der Waals surface area contributed by atoms with Crippen LogP contribution in [-0.4, -0.2) is 65.5 Å². The van der Waals surface area contributed by atoms with Crippen molar-refractivity contribution in [3.63, 3.8) is 0 Å². The van der Waals surface area contributed by atoms with E-state index in [0.29, 0.717) is 13.0 Å². The predicted octanol–water partition coefficient (Wildman–Crippen LogP) is 6.06. The molecular weight excluding hydrogens is 604 g/mol. The number of hydrogen-bond acceptors (Lipinski definition) is 6. The van der Waals surface area contributed by atoms with E-state index in [1.54, 1.807) is 19.9 Å². The molecule has 0 amide bonds. The topological polar surface area (TPSA) is 125 Å². The third kappa shape index (κ3) is 6.14. The van der Waals surface area contributed by atoms with E-state index in [2.05, 4.69) is 58.7 Å². The molecule has 8 nitrogen and oxygen atoms in total. The van der Waals surface area contributed by atoms with Crippen LogP contribution < -0.4 is 15.8 Å². The second-order valence-corrected chi connectivity index (χ2v) is 13.0. The SMILES string of the molecule is CCC1(C(=O)O)C(N)NC(C)C(CCCN2CCC(c3ccccc3)(c3ccccc3)CC2)(C(=O)O)C1c1ccccc1OC(F)F. The van der Waals surface area contributed by atoms with Crippen LogP contribution in [0.5, 0.6) is 5.75 Å². The van der Waals surface area contributed by atoms with Gasteiger partial charge >= 0.3 is 18.6 Å². The fraction of sp³-hybridized carbons (Fsp3) is 0.459. The van der Waals surface area contributed by atoms with Crippen molar-refractivity contribution in [1.82, 2.24) is 10.2 Å². The summed E-state index contributed by atoms with van der Waals surface area (Å²) in [4.78, 5) is 29.0. The quantitative estimate of drug-likeness (QED) is 0.187. The zero-order valence-electron chi connectivity index (χ0n) is 26.9. The van der Waals surface area contributed by atoms with Crippen molar-refractivity contribution in [3.05, 3.63) is 102 Å². The number of para-hydroxylation sites is 1. The summed E-state index contributed by atoms with van der Waals surface area (Å²) >= 11 is 0. The van der Waals surface area contributed by atoms with Gasteiger partial charge in [-0.25, -0.2) is 0 Å². The van der Waals surface area contributed by atoms with E-state index in [0.717, 1.165) is 25.9 Å². The predicted molar refractivity (Wildman–Crippen MR) is 175 cm³/mol. The number of nitrogens with two attached hydrogens (primary N) is 1. The largest absolute Gasteiger partial charge is 0.481 e. The van der Waals surface area contributed by atoms with E-state index in [-0.39, 0.29) is 29.6 Å². The highest BCUT2D eigenvalue weighted by Gasteiger charge is 2.67. The van der Waals surface area contributed by atoms with E-state index in [4.69, 9.17) is 10.5 Å². The van der Waals surface area contributed by atoms with Gasteiger partial charge in [-0.15, -0.1) is 0 Å². The Bertz CT molecular complexity index is 1480. The lowest BCUT2D eigenvalue weighted by Gasteiger charge is -2.57. The summed E-state index contributed by atoms with van der Waals surface area (Å²) in [5.74, 6) is -4.00. The van der Waals surface area contributed by atoms with E-state index >= 15 is 0 Å². The van der Waals surface area contributed by atoms with Gasteiger partial charge in [-0.2, -0.15) is 8.78 Å². The summed E-state index contributed by atoms with van der Waals surface area (Å²) in [6.45, 7) is 2.34. The van der Waals surface area contributed by atoms with E-state index in [9.17, 15) is 28.6 Å². The Hall–Kier alpha value is -3.86. The number of likely N-dealkylation sites (tertiary alicyclic amines) is 1. The second-order valence-electron chi connectivity index (χ2n) is 13.0. The van der Waals surface area contributed by atoms with Crippen LogP contribution in [-0.2, 0) is 15.0 Å². The highest BCUT2D eigenvalue weighted by molar-refractivity contribution is 5.84. The van der Waals surface area contributed by atoms with Gasteiger partial charge in [-0.1, -0.05) is 85.8 Å². The van der Waals surface area contributed by atoms with Gasteiger partial charge in [-0.05, 0) is 81.4 Å². The second kappa shape index (κ2) is 14.1. The fourth-order valence-corrected chi connectivity index (χ4v) is 8.55. The molecule has 252 valence electrons. The first-order valence-electron chi connectivity index (χ1n) is 16.4. The lowest BCUT2D eigenvalue weighted by molar-refractivity contribution is -0.174. The lowest BCUT2D eigenvalue weighted by atomic mass is 9.50. The molecule has 47 heavy (non-hydrogen) atoms. The summed E-state index contributed by atoms with van der Waals surface area (Å²) in [7, 11) is 0. The fourth-order valence-electron chi connectivity index (χ4n) is 8.55. The van der Waals surface area contributed by atoms with Crippen molar-refractivity contribution in [2.45, 2.75) is 76.1 Å². The van der Waals surface area contributed by atoms with E-state index in [1.165, 1.54) is 29.3 Å². The average Bonchev–Trinajstić information content (AvgIpc) is 3.06. The Morgan fingerprint density at radius 2 is 1.45 bits per heavy atom. The Labute approximate surface area is 274 Å². The van der Waals surface area contributed by atoms with Gasteiger partial charge in [0, 0.05) is 17.4 Å². The number of halogens is 2. The molecule has 5 unspecified atom stereocenters. The number of ether oxygens (including phenoxy) is 1. The highest BCUT2D eigenvalue weighted by Crippen LogP contribution is 2.59. The number of carboxylic acid groups (broad SMARTS) is 2. The van der Waals surface area contributed by atoms with Gasteiger partial charge < -0.3 is 25.6 Å². The van der Waals surface area contributed by atoms with Crippen LogP contribution in [0.2, 0.25) is 0 Å². The normalized spacial score (nSPS) is 27.7. The molecule has 3 aromatic carbocycles. The number of nitrogens with zero attached hydrogens (tertiary/aromatic N) is 1. The molecule has 2 heterocycles. The molecule has 5 atom stereocenters. The molecule has 2 aliphatic rings. The monoisotopic (exact) mass is 649 g/mol. The third-order valence-electron chi connectivity index (χ3n) is 11.0. The van der Waals surface area contributed by atoms with Crippen LogP contribution in [0.15, 0.2) is 84.9 Å². The summed E-state index contributed by atoms with van der Waals surface area (Å²) in [6, 6.07) is 26.2. The minimum absolute atomic E-state index is 0.0287. The Morgan fingerprint density at radius 1 is 0.915 bits per heavy atom. The Morgan fingerprint density at radius 3 is 1.96 bits per heavy atom. The molecule has 3 aromatic rings. The summed E-state index contributed by atoms with van der Waals surface area (Å²) in [5, 5.41) is 24.8. The molecule has 0 saturated carbocycles. The molecule has 2 saturated heterocycles. The van der Waals surface area contributed by atoms with Crippen molar-refractivity contribution in [2.75, 3.05) is 19.6 Å². The van der Waals surface area contributed by atoms with Crippen molar-refractivity contribution < 1.29 is 33.3 Å². The number of rotatable bonds is 12. The molecule has 5 rings (SSSR count). The minimum Gasteiger partial charge on any atom is -0.481 e. The van der Waals surface area contributed by atoms with Crippen LogP contribution >= 0.6 is 0 Å². The Kier molecular flexibility index (Phi) is 10.3. The maximum atomic E-state index is 13.6. The number of nitrogens with one attached hydrogen (secondary N) is 1. The number of hydrogen-bond donors (Lipinski definition) is 4. The van der Waals surface area contributed by atoms with Crippen molar-refractivity contribution in [2.24, 2.45) is 16.6 Å². The standard InChI is InChI=1S/C37H45F2N3O5/c1-3-36(32(43)44)30(28-17-10-11-18-29(28)47-34(38)39)37(33(45)46,25(2)41-31(36)40)19-12-22-42-23-20-35(21-24-42,26-13-6-4-7-14-26)27-15-8-5-9-16-27/h4-11,13-18,25,30-31,34,41H,3,12,19-24,40H2,1-2H3,(H,43,44)(H,45,46). The molecule has 0 spiro atoms. The summed E-state index contributed by atoms with van der Waals surface area (Å²) in [6.07, 6.45) is 1.16. The van der Waals surface area contributed by atoms with Crippen molar-refractivity contribution >= 4 is 11.9 Å². The molecule has 0 radical (unpaired) electrons. The Balaban J connectivity index is 1.45. The van der Waals surface area contributed by atoms with Gasteiger partial charge in [0.1, 0.15) is 11.2 Å². The molecule has 0 aliphatic carbocycles. The van der Waals surface area contributed by atoms with Crippen LogP contribution in [0.1, 0.15) is 68.6 Å². The number of alkyl halides is 2. The zero-order chi connectivity index (χ0) is 33.8. The number of aliphatic carboxylic acids is 2. The van der Waals surface area contributed by atoms with Gasteiger partial charge in [0.2, 0.25) is 0 Å². The third-order valence-corrected chi connectivity index (χ3v) is 11.0. The van der Waals surface area contributed by atoms with Gasteiger partial charge in [0.25, 0.3) is 0 Å². The first kappa shape index (κ1) is 34.5. The van der Waals surface area contributed by atoms with E-state index < -0.39 is 47.5 Å². The molecule has 0 bridgehead atoms. The number of carboxylic acids is 2. The first-order chi connectivity index (χ1) is 22.5. The number of benzene rings is 3. The van der Waals surface area contributed by atoms with Crippen molar-refractivity contribution in [1.29, 1.82) is 0 Å². The number of carbonyl (C=O) groups is 2.